The minimum atomic E-state index is -0.677. The van der Waals surface area contributed by atoms with Gasteiger partial charge in [0.2, 0.25) is 5.75 Å². The summed E-state index contributed by atoms with van der Waals surface area (Å²) in [5.41, 5.74) is 5.83. The average molecular weight is 599 g/mol. The molecule has 9 heteroatoms. The minimum absolute atomic E-state index is 0.0505. The summed E-state index contributed by atoms with van der Waals surface area (Å²) in [5.74, 6) is 1.40. The number of dihydropyridines is 1. The SMILES string of the molecule is COc1ccc([C@@H]2CC(=O)C3=C(C2)NC(C)=C(C(=O)Nc2ccc(C)cc2)[C@H]3c2cc(OC)c(OC)c(OC)c2)cc1OC. The molecular formula is C35H38N2O7. The van der Waals surface area contributed by atoms with Gasteiger partial charge < -0.3 is 34.3 Å². The van der Waals surface area contributed by atoms with E-state index in [0.717, 1.165) is 16.8 Å². The fourth-order valence-corrected chi connectivity index (χ4v) is 6.12. The molecule has 0 fully saturated rings. The van der Waals surface area contributed by atoms with Crippen LogP contribution in [0.3, 0.4) is 0 Å². The number of hydrogen-bond acceptors (Lipinski definition) is 8. The van der Waals surface area contributed by atoms with E-state index in [-0.39, 0.29) is 24.0 Å². The number of amides is 1. The van der Waals surface area contributed by atoms with Crippen molar-refractivity contribution in [3.63, 3.8) is 0 Å². The Balaban J connectivity index is 1.62. The van der Waals surface area contributed by atoms with E-state index in [1.165, 1.54) is 7.11 Å². The second kappa shape index (κ2) is 12.8. The smallest absolute Gasteiger partial charge is 0.254 e. The molecule has 1 aliphatic heterocycles. The average Bonchev–Trinajstić information content (AvgIpc) is 3.03. The van der Waals surface area contributed by atoms with E-state index in [1.807, 2.05) is 68.4 Å². The molecule has 0 spiro atoms. The van der Waals surface area contributed by atoms with Crippen LogP contribution in [0.15, 0.2) is 77.1 Å². The van der Waals surface area contributed by atoms with Crippen LogP contribution < -0.4 is 34.3 Å². The van der Waals surface area contributed by atoms with Crippen molar-refractivity contribution in [2.45, 2.75) is 38.5 Å². The lowest BCUT2D eigenvalue weighted by atomic mass is 9.71. The van der Waals surface area contributed by atoms with Gasteiger partial charge in [0.15, 0.2) is 28.8 Å². The molecule has 1 heterocycles. The molecule has 2 N–H and O–H groups in total. The van der Waals surface area contributed by atoms with Gasteiger partial charge in [0.25, 0.3) is 5.91 Å². The lowest BCUT2D eigenvalue weighted by molar-refractivity contribution is -0.116. The molecule has 44 heavy (non-hydrogen) atoms. The number of methoxy groups -OCH3 is 5. The summed E-state index contributed by atoms with van der Waals surface area (Å²) in [6.07, 6.45) is 0.838. The molecule has 0 saturated carbocycles. The Morgan fingerprint density at radius 1 is 0.750 bits per heavy atom. The quantitative estimate of drug-likeness (QED) is 0.307. The van der Waals surface area contributed by atoms with Gasteiger partial charge in [0.05, 0.1) is 35.5 Å². The first-order valence-electron chi connectivity index (χ1n) is 14.4. The van der Waals surface area contributed by atoms with Crippen molar-refractivity contribution in [2.75, 3.05) is 40.9 Å². The van der Waals surface area contributed by atoms with Gasteiger partial charge in [-0.25, -0.2) is 0 Å². The second-order valence-electron chi connectivity index (χ2n) is 10.9. The van der Waals surface area contributed by atoms with E-state index >= 15 is 0 Å². The van der Waals surface area contributed by atoms with Gasteiger partial charge in [-0.3, -0.25) is 9.59 Å². The van der Waals surface area contributed by atoms with Gasteiger partial charge in [0, 0.05) is 40.6 Å². The minimum Gasteiger partial charge on any atom is -0.493 e. The zero-order valence-electron chi connectivity index (χ0n) is 26.1. The Morgan fingerprint density at radius 3 is 1.95 bits per heavy atom. The van der Waals surface area contributed by atoms with Crippen LogP contribution >= 0.6 is 0 Å². The Morgan fingerprint density at radius 2 is 1.36 bits per heavy atom. The molecule has 2 aliphatic rings. The fraction of sp³-hybridized carbons (Fsp3) is 0.314. The first-order chi connectivity index (χ1) is 21.2. The van der Waals surface area contributed by atoms with Crippen molar-refractivity contribution in [1.82, 2.24) is 5.32 Å². The molecule has 0 bridgehead atoms. The number of nitrogens with one attached hydrogen (secondary N) is 2. The van der Waals surface area contributed by atoms with Crippen LogP contribution in [0.2, 0.25) is 0 Å². The Hall–Kier alpha value is -4.92. The molecule has 1 amide bonds. The van der Waals surface area contributed by atoms with Crippen LogP contribution in [0.1, 0.15) is 48.3 Å². The van der Waals surface area contributed by atoms with Crippen molar-refractivity contribution < 1.29 is 33.3 Å². The predicted octanol–water partition coefficient (Wildman–Crippen LogP) is 6.04. The number of ketones is 1. The van der Waals surface area contributed by atoms with Crippen LogP contribution in [0, 0.1) is 6.92 Å². The molecule has 2 atom stereocenters. The molecule has 0 aromatic heterocycles. The highest BCUT2D eigenvalue weighted by Crippen LogP contribution is 2.49. The lowest BCUT2D eigenvalue weighted by Gasteiger charge is -2.37. The van der Waals surface area contributed by atoms with Crippen molar-refractivity contribution in [3.05, 3.63) is 93.8 Å². The maximum absolute atomic E-state index is 14.2. The maximum atomic E-state index is 14.2. The number of Topliss-reactive ketones (excluding diaryl/α,β-unsaturated/α-hetero) is 1. The van der Waals surface area contributed by atoms with Crippen molar-refractivity contribution in [1.29, 1.82) is 0 Å². The van der Waals surface area contributed by atoms with Crippen LogP contribution in [0.5, 0.6) is 28.7 Å². The molecule has 3 aromatic rings. The van der Waals surface area contributed by atoms with E-state index in [4.69, 9.17) is 23.7 Å². The second-order valence-corrected chi connectivity index (χ2v) is 10.9. The third-order valence-corrected chi connectivity index (χ3v) is 8.28. The molecule has 1 aliphatic carbocycles. The van der Waals surface area contributed by atoms with Crippen molar-refractivity contribution in [3.8, 4) is 28.7 Å². The maximum Gasteiger partial charge on any atom is 0.254 e. The van der Waals surface area contributed by atoms with Crippen LogP contribution in [-0.2, 0) is 9.59 Å². The number of allylic oxidation sites excluding steroid dienone is 3. The van der Waals surface area contributed by atoms with E-state index in [1.54, 1.807) is 28.4 Å². The molecule has 0 unspecified atom stereocenters. The van der Waals surface area contributed by atoms with E-state index in [9.17, 15) is 9.59 Å². The van der Waals surface area contributed by atoms with Crippen LogP contribution in [-0.4, -0.2) is 47.2 Å². The highest BCUT2D eigenvalue weighted by molar-refractivity contribution is 6.10. The topological polar surface area (TPSA) is 104 Å². The first kappa shape index (κ1) is 30.5. The van der Waals surface area contributed by atoms with Crippen molar-refractivity contribution in [2.24, 2.45) is 0 Å². The largest absolute Gasteiger partial charge is 0.493 e. The van der Waals surface area contributed by atoms with Crippen molar-refractivity contribution >= 4 is 17.4 Å². The number of hydrogen-bond donors (Lipinski definition) is 2. The van der Waals surface area contributed by atoms with Gasteiger partial charge >= 0.3 is 0 Å². The molecule has 0 saturated heterocycles. The number of carbonyl (C=O) groups is 2. The number of benzene rings is 3. The van der Waals surface area contributed by atoms with Gasteiger partial charge in [0.1, 0.15) is 0 Å². The van der Waals surface area contributed by atoms with E-state index < -0.39 is 5.92 Å². The highest BCUT2D eigenvalue weighted by atomic mass is 16.5. The highest BCUT2D eigenvalue weighted by Gasteiger charge is 2.41. The Bertz CT molecular complexity index is 1630. The van der Waals surface area contributed by atoms with Crippen LogP contribution in [0.4, 0.5) is 5.69 Å². The number of rotatable bonds is 9. The molecule has 3 aromatic carbocycles. The zero-order valence-corrected chi connectivity index (χ0v) is 26.1. The van der Waals surface area contributed by atoms with E-state index in [0.29, 0.717) is 63.3 Å². The summed E-state index contributed by atoms with van der Waals surface area (Å²) in [5, 5.41) is 6.47. The summed E-state index contributed by atoms with van der Waals surface area (Å²) in [6, 6.07) is 16.9. The summed E-state index contributed by atoms with van der Waals surface area (Å²) < 4.78 is 27.8. The zero-order chi connectivity index (χ0) is 31.5. The molecule has 230 valence electrons. The number of ether oxygens (including phenoxy) is 5. The van der Waals surface area contributed by atoms with Gasteiger partial charge in [-0.15, -0.1) is 0 Å². The summed E-state index contributed by atoms with van der Waals surface area (Å²) >= 11 is 0. The third-order valence-electron chi connectivity index (χ3n) is 8.28. The fourth-order valence-electron chi connectivity index (χ4n) is 6.12. The van der Waals surface area contributed by atoms with Gasteiger partial charge in [-0.2, -0.15) is 0 Å². The molecular weight excluding hydrogens is 560 g/mol. The monoisotopic (exact) mass is 598 g/mol. The summed E-state index contributed by atoms with van der Waals surface area (Å²) in [4.78, 5) is 28.2. The normalized spacial score (nSPS) is 17.8. The Kier molecular flexibility index (Phi) is 8.85. The summed E-state index contributed by atoms with van der Waals surface area (Å²) in [6.45, 7) is 3.85. The van der Waals surface area contributed by atoms with E-state index in [2.05, 4.69) is 10.6 Å². The standard InChI is InChI=1S/C35H38N2O7/c1-19-8-11-24(12-9-19)37-35(39)31-20(2)36-25-14-22(21-10-13-27(40-3)28(16-21)41-4)15-26(38)33(25)32(31)23-17-29(42-5)34(44-7)30(18-23)43-6/h8-13,16-18,22,32,36H,14-15H2,1-7H3,(H,37,39)/t22-,32+/m0/s1. The third kappa shape index (κ3) is 5.69. The lowest BCUT2D eigenvalue weighted by Crippen LogP contribution is -2.37. The number of anilines is 1. The molecule has 0 radical (unpaired) electrons. The van der Waals surface area contributed by atoms with Gasteiger partial charge in [-0.05, 0) is 73.7 Å². The van der Waals surface area contributed by atoms with Gasteiger partial charge in [-0.1, -0.05) is 23.8 Å². The number of aryl methyl sites for hydroxylation is 1. The van der Waals surface area contributed by atoms with Crippen LogP contribution in [0.25, 0.3) is 0 Å². The predicted molar refractivity (Wildman–Crippen MR) is 168 cm³/mol. The Labute approximate surface area is 257 Å². The summed E-state index contributed by atoms with van der Waals surface area (Å²) in [7, 11) is 7.81. The molecule has 5 rings (SSSR count). The number of carbonyl (C=O) groups excluding carboxylic acids is 2. The molecule has 9 nitrogen and oxygen atoms in total. The first-order valence-corrected chi connectivity index (χ1v) is 14.4.